The number of ether oxygens (including phenoxy) is 1. The normalized spacial score (nSPS) is 10.2. The summed E-state index contributed by atoms with van der Waals surface area (Å²) in [4.78, 5) is 11.7. The lowest BCUT2D eigenvalue weighted by molar-refractivity contribution is -0.118. The zero-order chi connectivity index (χ0) is 14.5. The zero-order valence-electron chi connectivity index (χ0n) is 10.2. The molecule has 0 heterocycles. The second-order valence-electron chi connectivity index (χ2n) is 3.92. The van der Waals surface area contributed by atoms with Crippen molar-refractivity contribution in [2.45, 2.75) is 0 Å². The van der Waals surface area contributed by atoms with E-state index in [-0.39, 0.29) is 12.5 Å². The van der Waals surface area contributed by atoms with Gasteiger partial charge in [-0.1, -0.05) is 40.9 Å². The van der Waals surface area contributed by atoms with E-state index in [0.29, 0.717) is 26.5 Å². The Labute approximate surface area is 131 Å². The summed E-state index contributed by atoms with van der Waals surface area (Å²) in [6.45, 7) is -0.159. The van der Waals surface area contributed by atoms with Gasteiger partial charge in [0.2, 0.25) is 0 Å². The molecule has 104 valence electrons. The van der Waals surface area contributed by atoms with Gasteiger partial charge < -0.3 is 10.1 Å². The Bertz CT molecular complexity index is 632. The number of nitrogens with one attached hydrogen (secondary N) is 1. The van der Waals surface area contributed by atoms with Gasteiger partial charge in [-0.05, 0) is 36.4 Å². The van der Waals surface area contributed by atoms with Gasteiger partial charge in [0.15, 0.2) is 6.61 Å². The Morgan fingerprint density at radius 3 is 2.50 bits per heavy atom. The number of rotatable bonds is 4. The van der Waals surface area contributed by atoms with Crippen LogP contribution in [-0.4, -0.2) is 12.5 Å². The van der Waals surface area contributed by atoms with Crippen LogP contribution in [0, 0.1) is 0 Å². The van der Waals surface area contributed by atoms with Crippen LogP contribution >= 0.6 is 34.8 Å². The highest BCUT2D eigenvalue weighted by molar-refractivity contribution is 6.35. The second-order valence-corrected chi connectivity index (χ2v) is 5.20. The summed E-state index contributed by atoms with van der Waals surface area (Å²) >= 11 is 17.5. The van der Waals surface area contributed by atoms with Crippen molar-refractivity contribution >= 4 is 46.4 Å². The first-order valence-electron chi connectivity index (χ1n) is 5.68. The highest BCUT2D eigenvalue weighted by atomic mass is 35.5. The largest absolute Gasteiger partial charge is 0.482 e. The molecule has 0 fully saturated rings. The highest BCUT2D eigenvalue weighted by Gasteiger charge is 2.07. The molecule has 20 heavy (non-hydrogen) atoms. The number of carbonyl (C=O) groups is 1. The van der Waals surface area contributed by atoms with Crippen LogP contribution in [0.15, 0.2) is 42.5 Å². The van der Waals surface area contributed by atoms with Crippen LogP contribution in [0.5, 0.6) is 5.75 Å². The molecule has 0 saturated heterocycles. The molecule has 0 aliphatic heterocycles. The average Bonchev–Trinajstić information content (AvgIpc) is 2.37. The Hall–Kier alpha value is -1.42. The van der Waals surface area contributed by atoms with E-state index in [0.717, 1.165) is 0 Å². The van der Waals surface area contributed by atoms with E-state index < -0.39 is 0 Å². The molecule has 2 rings (SSSR count). The molecular formula is C14H10Cl3NO2. The minimum Gasteiger partial charge on any atom is -0.482 e. The quantitative estimate of drug-likeness (QED) is 0.885. The Balaban J connectivity index is 1.92. The van der Waals surface area contributed by atoms with Gasteiger partial charge in [0.05, 0.1) is 5.02 Å². The standard InChI is InChI=1S/C14H10Cl3NO2/c15-9-2-1-3-11(6-9)18-14(19)8-20-13-5-4-10(16)7-12(13)17/h1-7H,8H2,(H,18,19). The molecule has 1 N–H and O–H groups in total. The van der Waals surface area contributed by atoms with E-state index in [1.165, 1.54) is 0 Å². The number of anilines is 1. The number of halogens is 3. The predicted molar refractivity (Wildman–Crippen MR) is 82.0 cm³/mol. The van der Waals surface area contributed by atoms with Crippen molar-refractivity contribution in [2.75, 3.05) is 11.9 Å². The van der Waals surface area contributed by atoms with E-state index in [9.17, 15) is 4.79 Å². The Morgan fingerprint density at radius 2 is 1.80 bits per heavy atom. The Morgan fingerprint density at radius 1 is 1.05 bits per heavy atom. The number of amides is 1. The minimum absolute atomic E-state index is 0.159. The maximum Gasteiger partial charge on any atom is 0.262 e. The van der Waals surface area contributed by atoms with Crippen LogP contribution in [0.4, 0.5) is 5.69 Å². The van der Waals surface area contributed by atoms with Gasteiger partial charge in [-0.3, -0.25) is 4.79 Å². The van der Waals surface area contributed by atoms with E-state index in [4.69, 9.17) is 39.5 Å². The fraction of sp³-hybridized carbons (Fsp3) is 0.0714. The van der Waals surface area contributed by atoms with E-state index >= 15 is 0 Å². The molecule has 0 radical (unpaired) electrons. The molecule has 2 aromatic rings. The van der Waals surface area contributed by atoms with Crippen molar-refractivity contribution in [2.24, 2.45) is 0 Å². The van der Waals surface area contributed by atoms with Gasteiger partial charge in [-0.15, -0.1) is 0 Å². The zero-order valence-corrected chi connectivity index (χ0v) is 12.5. The molecule has 2 aromatic carbocycles. The van der Waals surface area contributed by atoms with Crippen molar-refractivity contribution in [1.29, 1.82) is 0 Å². The predicted octanol–water partition coefficient (Wildman–Crippen LogP) is 4.66. The SMILES string of the molecule is O=C(COc1ccc(Cl)cc1Cl)Nc1cccc(Cl)c1. The van der Waals surface area contributed by atoms with Crippen molar-refractivity contribution < 1.29 is 9.53 Å². The maximum atomic E-state index is 11.7. The number of hydrogen-bond acceptors (Lipinski definition) is 2. The summed E-state index contributed by atoms with van der Waals surface area (Å²) in [5, 5.41) is 4.07. The number of benzene rings is 2. The lowest BCUT2D eigenvalue weighted by Crippen LogP contribution is -2.20. The number of hydrogen-bond donors (Lipinski definition) is 1. The highest BCUT2D eigenvalue weighted by Crippen LogP contribution is 2.27. The average molecular weight is 331 g/mol. The molecule has 0 aromatic heterocycles. The van der Waals surface area contributed by atoms with Gasteiger partial charge in [0.1, 0.15) is 5.75 Å². The molecule has 0 atom stereocenters. The third kappa shape index (κ3) is 4.30. The fourth-order valence-electron chi connectivity index (χ4n) is 1.50. The fourth-order valence-corrected chi connectivity index (χ4v) is 2.15. The van der Waals surface area contributed by atoms with E-state index in [1.807, 2.05) is 0 Å². The first-order valence-corrected chi connectivity index (χ1v) is 6.81. The molecule has 0 saturated carbocycles. The van der Waals surface area contributed by atoms with Gasteiger partial charge in [-0.25, -0.2) is 0 Å². The monoisotopic (exact) mass is 329 g/mol. The molecular weight excluding hydrogens is 321 g/mol. The summed E-state index contributed by atoms with van der Waals surface area (Å²) in [7, 11) is 0. The summed E-state index contributed by atoms with van der Waals surface area (Å²) < 4.78 is 5.32. The lowest BCUT2D eigenvalue weighted by Gasteiger charge is -2.09. The first kappa shape index (κ1) is 15.0. The van der Waals surface area contributed by atoms with Crippen molar-refractivity contribution in [3.63, 3.8) is 0 Å². The van der Waals surface area contributed by atoms with Crippen LogP contribution < -0.4 is 10.1 Å². The first-order chi connectivity index (χ1) is 9.54. The van der Waals surface area contributed by atoms with Gasteiger partial charge in [0, 0.05) is 15.7 Å². The smallest absolute Gasteiger partial charge is 0.262 e. The Kier molecular flexibility index (Phi) is 5.12. The van der Waals surface area contributed by atoms with Crippen LogP contribution in [0.1, 0.15) is 0 Å². The van der Waals surface area contributed by atoms with Crippen LogP contribution in [0.2, 0.25) is 15.1 Å². The molecule has 0 bridgehead atoms. The third-order valence-corrected chi connectivity index (χ3v) is 3.13. The topological polar surface area (TPSA) is 38.3 Å². The summed E-state index contributed by atoms with van der Waals surface area (Å²) in [5.74, 6) is 0.0931. The molecule has 0 aliphatic rings. The van der Waals surface area contributed by atoms with Crippen molar-refractivity contribution in [3.05, 3.63) is 57.5 Å². The molecule has 0 aliphatic carbocycles. The van der Waals surface area contributed by atoms with Crippen LogP contribution in [-0.2, 0) is 4.79 Å². The molecule has 0 unspecified atom stereocenters. The van der Waals surface area contributed by atoms with E-state index in [1.54, 1.807) is 42.5 Å². The third-order valence-electron chi connectivity index (χ3n) is 2.36. The lowest BCUT2D eigenvalue weighted by atomic mass is 10.3. The number of carbonyl (C=O) groups excluding carboxylic acids is 1. The molecule has 0 spiro atoms. The summed E-state index contributed by atoms with van der Waals surface area (Å²) in [5.41, 5.74) is 0.605. The van der Waals surface area contributed by atoms with Gasteiger partial charge in [-0.2, -0.15) is 0 Å². The molecule has 1 amide bonds. The molecule has 6 heteroatoms. The van der Waals surface area contributed by atoms with Gasteiger partial charge in [0.25, 0.3) is 5.91 Å². The maximum absolute atomic E-state index is 11.7. The molecule has 3 nitrogen and oxygen atoms in total. The van der Waals surface area contributed by atoms with Crippen LogP contribution in [0.25, 0.3) is 0 Å². The van der Waals surface area contributed by atoms with Crippen molar-refractivity contribution in [1.82, 2.24) is 0 Å². The van der Waals surface area contributed by atoms with Gasteiger partial charge >= 0.3 is 0 Å². The minimum atomic E-state index is -0.307. The van der Waals surface area contributed by atoms with E-state index in [2.05, 4.69) is 5.32 Å². The van der Waals surface area contributed by atoms with Crippen molar-refractivity contribution in [3.8, 4) is 5.75 Å². The summed E-state index contributed by atoms with van der Waals surface area (Å²) in [6.07, 6.45) is 0. The summed E-state index contributed by atoms with van der Waals surface area (Å²) in [6, 6.07) is 11.6. The van der Waals surface area contributed by atoms with Crippen LogP contribution in [0.3, 0.4) is 0 Å². The second kappa shape index (κ2) is 6.84.